The number of aromatic nitrogens is 1. The molecule has 2 saturated heterocycles. The van der Waals surface area contributed by atoms with Crippen LogP contribution in [0.4, 0.5) is 0 Å². The summed E-state index contributed by atoms with van der Waals surface area (Å²) in [5.74, 6) is 0.854. The van der Waals surface area contributed by atoms with Gasteiger partial charge in [0.2, 0.25) is 0 Å². The molecule has 1 spiro atoms. The average Bonchev–Trinajstić information content (AvgIpc) is 3.04. The lowest BCUT2D eigenvalue weighted by Crippen LogP contribution is -2.38. The molecule has 3 aliphatic rings. The Labute approximate surface area is 147 Å². The van der Waals surface area contributed by atoms with Crippen LogP contribution in [0, 0.1) is 5.41 Å². The number of pyridine rings is 1. The van der Waals surface area contributed by atoms with Crippen LogP contribution in [0.1, 0.15) is 37.4 Å². The van der Waals surface area contributed by atoms with E-state index in [4.69, 9.17) is 30.5 Å². The second-order valence-electron chi connectivity index (χ2n) is 7.38. The summed E-state index contributed by atoms with van der Waals surface area (Å²) in [6, 6.07) is 1.85. The van der Waals surface area contributed by atoms with Gasteiger partial charge >= 0.3 is 0 Å². The molecule has 132 valence electrons. The van der Waals surface area contributed by atoms with E-state index >= 15 is 0 Å². The van der Waals surface area contributed by atoms with Crippen LogP contribution in [-0.2, 0) is 26.2 Å². The molecule has 1 aromatic heterocycles. The minimum atomic E-state index is -0.445. The van der Waals surface area contributed by atoms with Gasteiger partial charge in [-0.05, 0) is 12.8 Å². The molecule has 2 fully saturated rings. The van der Waals surface area contributed by atoms with E-state index in [1.165, 1.54) is 0 Å². The maximum atomic E-state index is 6.29. The maximum Gasteiger partial charge on any atom is 0.136 e. The van der Waals surface area contributed by atoms with Crippen LogP contribution < -0.4 is 4.74 Å². The molecule has 3 aliphatic heterocycles. The molecule has 4 heterocycles. The molecule has 0 saturated carbocycles. The first-order valence-corrected chi connectivity index (χ1v) is 9.10. The molecular weight excluding hydrogens is 330 g/mol. The summed E-state index contributed by atoms with van der Waals surface area (Å²) < 4.78 is 23.4. The summed E-state index contributed by atoms with van der Waals surface area (Å²) in [5, 5.41) is 0.456. The number of fused-ring (bicyclic) bond motifs is 2. The van der Waals surface area contributed by atoms with Gasteiger partial charge in [-0.1, -0.05) is 18.5 Å². The molecule has 1 atom stereocenters. The van der Waals surface area contributed by atoms with Gasteiger partial charge in [0.1, 0.15) is 16.5 Å². The highest BCUT2D eigenvalue weighted by Gasteiger charge is 2.44. The average molecular weight is 354 g/mol. The van der Waals surface area contributed by atoms with Gasteiger partial charge in [0, 0.05) is 49.7 Å². The molecule has 1 aromatic rings. The van der Waals surface area contributed by atoms with Crippen LogP contribution in [0.5, 0.6) is 5.75 Å². The Balaban J connectivity index is 1.61. The van der Waals surface area contributed by atoms with E-state index in [1.807, 2.05) is 6.07 Å². The van der Waals surface area contributed by atoms with E-state index in [1.54, 1.807) is 0 Å². The molecular formula is C18H24ClNO4. The molecule has 0 N–H and O–H groups in total. The van der Waals surface area contributed by atoms with Crippen molar-refractivity contribution < 1.29 is 18.9 Å². The van der Waals surface area contributed by atoms with Gasteiger partial charge in [-0.15, -0.1) is 0 Å². The lowest BCUT2D eigenvalue weighted by Gasteiger charge is -2.36. The molecule has 0 aliphatic carbocycles. The Morgan fingerprint density at radius 1 is 1.17 bits per heavy atom. The Kier molecular flexibility index (Phi) is 4.45. The molecule has 0 aromatic carbocycles. The number of hydrogen-bond donors (Lipinski definition) is 0. The number of halogens is 1. The van der Waals surface area contributed by atoms with E-state index in [-0.39, 0.29) is 5.41 Å². The van der Waals surface area contributed by atoms with Gasteiger partial charge in [0.25, 0.3) is 0 Å². The summed E-state index contributed by atoms with van der Waals surface area (Å²) in [4.78, 5) is 4.58. The predicted molar refractivity (Wildman–Crippen MR) is 89.7 cm³/mol. The van der Waals surface area contributed by atoms with Gasteiger partial charge in [-0.3, -0.25) is 0 Å². The first-order valence-electron chi connectivity index (χ1n) is 8.73. The topological polar surface area (TPSA) is 49.8 Å². The molecule has 0 bridgehead atoms. The first-order chi connectivity index (χ1) is 11.6. The zero-order valence-corrected chi connectivity index (χ0v) is 14.9. The fourth-order valence-corrected chi connectivity index (χ4v) is 3.97. The van der Waals surface area contributed by atoms with Crippen molar-refractivity contribution in [1.29, 1.82) is 0 Å². The first kappa shape index (κ1) is 16.6. The third-order valence-corrected chi connectivity index (χ3v) is 5.67. The summed E-state index contributed by atoms with van der Waals surface area (Å²) in [6.45, 7) is 6.46. The molecule has 0 amide bonds. The highest BCUT2D eigenvalue weighted by Crippen LogP contribution is 2.43. The summed E-state index contributed by atoms with van der Waals surface area (Å²) in [6.07, 6.45) is 3.67. The number of hydrogen-bond acceptors (Lipinski definition) is 5. The smallest absolute Gasteiger partial charge is 0.136 e. The van der Waals surface area contributed by atoms with E-state index in [2.05, 4.69) is 11.9 Å². The molecule has 6 heteroatoms. The van der Waals surface area contributed by atoms with E-state index in [0.717, 1.165) is 55.9 Å². The minimum absolute atomic E-state index is 0.153. The van der Waals surface area contributed by atoms with Gasteiger partial charge in [-0.25, -0.2) is 4.98 Å². The standard InChI is InChI=1S/C18H24ClNO4/c1-17(3-7-21-8-4-17)11-23-14-10-15(19)20-16-13(14)2-6-24-18(16)5-9-22-12-18/h10H,2-9,11-12H2,1H3. The Morgan fingerprint density at radius 3 is 2.71 bits per heavy atom. The third-order valence-electron chi connectivity index (χ3n) is 5.48. The molecule has 24 heavy (non-hydrogen) atoms. The SMILES string of the molecule is CC1(COc2cc(Cl)nc3c2CCOC32CCOC2)CCOCC1. The van der Waals surface area contributed by atoms with Crippen LogP contribution in [0.2, 0.25) is 5.15 Å². The van der Waals surface area contributed by atoms with Crippen molar-refractivity contribution in [3.05, 3.63) is 22.5 Å². The lowest BCUT2D eigenvalue weighted by atomic mass is 9.83. The lowest BCUT2D eigenvalue weighted by molar-refractivity contribution is -0.0672. The van der Waals surface area contributed by atoms with Crippen molar-refractivity contribution in [2.24, 2.45) is 5.41 Å². The van der Waals surface area contributed by atoms with E-state index in [0.29, 0.717) is 31.6 Å². The van der Waals surface area contributed by atoms with Gasteiger partial charge in [-0.2, -0.15) is 0 Å². The molecule has 4 rings (SSSR count). The minimum Gasteiger partial charge on any atom is -0.493 e. The maximum absolute atomic E-state index is 6.29. The van der Waals surface area contributed by atoms with Crippen LogP contribution in [0.15, 0.2) is 6.07 Å². The molecule has 1 unspecified atom stereocenters. The van der Waals surface area contributed by atoms with E-state index < -0.39 is 5.60 Å². The zero-order valence-electron chi connectivity index (χ0n) is 14.1. The summed E-state index contributed by atoms with van der Waals surface area (Å²) in [7, 11) is 0. The van der Waals surface area contributed by atoms with Crippen LogP contribution in [0.3, 0.4) is 0 Å². The quantitative estimate of drug-likeness (QED) is 0.781. The van der Waals surface area contributed by atoms with Gasteiger partial charge < -0.3 is 18.9 Å². The fourth-order valence-electron chi connectivity index (χ4n) is 3.79. The van der Waals surface area contributed by atoms with E-state index in [9.17, 15) is 0 Å². The number of ether oxygens (including phenoxy) is 4. The van der Waals surface area contributed by atoms with Gasteiger partial charge in [0.05, 0.1) is 25.5 Å². The van der Waals surface area contributed by atoms with Crippen molar-refractivity contribution in [3.63, 3.8) is 0 Å². The second kappa shape index (κ2) is 6.45. The fraction of sp³-hybridized carbons (Fsp3) is 0.722. The third kappa shape index (κ3) is 3.03. The Morgan fingerprint density at radius 2 is 1.96 bits per heavy atom. The monoisotopic (exact) mass is 353 g/mol. The van der Waals surface area contributed by atoms with Crippen molar-refractivity contribution in [1.82, 2.24) is 4.98 Å². The molecule has 5 nitrogen and oxygen atoms in total. The van der Waals surface area contributed by atoms with Crippen LogP contribution in [-0.4, -0.2) is 44.6 Å². The van der Waals surface area contributed by atoms with Crippen molar-refractivity contribution in [2.45, 2.75) is 38.2 Å². The highest BCUT2D eigenvalue weighted by atomic mass is 35.5. The Hall–Kier alpha value is -0.880. The predicted octanol–water partition coefficient (Wildman–Crippen LogP) is 3.12. The number of nitrogens with zero attached hydrogens (tertiary/aromatic N) is 1. The van der Waals surface area contributed by atoms with Gasteiger partial charge in [0.15, 0.2) is 0 Å². The summed E-state index contributed by atoms with van der Waals surface area (Å²) >= 11 is 6.29. The van der Waals surface area contributed by atoms with Crippen molar-refractivity contribution in [2.75, 3.05) is 39.6 Å². The second-order valence-corrected chi connectivity index (χ2v) is 7.76. The molecule has 0 radical (unpaired) electrons. The highest BCUT2D eigenvalue weighted by molar-refractivity contribution is 6.29. The normalized spacial score (nSPS) is 28.8. The summed E-state index contributed by atoms with van der Waals surface area (Å²) in [5.41, 5.74) is 1.75. The van der Waals surface area contributed by atoms with Crippen LogP contribution in [0.25, 0.3) is 0 Å². The van der Waals surface area contributed by atoms with Crippen LogP contribution >= 0.6 is 11.6 Å². The largest absolute Gasteiger partial charge is 0.493 e. The number of rotatable bonds is 3. The van der Waals surface area contributed by atoms with Crippen molar-refractivity contribution >= 4 is 11.6 Å². The Bertz CT molecular complexity index is 609. The zero-order chi connectivity index (χ0) is 16.6. The van der Waals surface area contributed by atoms with Crippen molar-refractivity contribution in [3.8, 4) is 5.75 Å².